The molecule has 0 saturated carbocycles. The fourth-order valence-corrected chi connectivity index (χ4v) is 4.41. The lowest BCUT2D eigenvalue weighted by Crippen LogP contribution is -2.31. The van der Waals surface area contributed by atoms with E-state index in [9.17, 15) is 8.78 Å². The molecule has 2 aliphatic carbocycles. The number of hydrogen-bond donors (Lipinski definition) is 0. The van der Waals surface area contributed by atoms with Gasteiger partial charge in [0.15, 0.2) is 10.8 Å². The largest absolute Gasteiger partial charge is 0.352 e. The van der Waals surface area contributed by atoms with E-state index in [4.69, 9.17) is 4.52 Å². The average molecular weight is 270 g/mol. The lowest BCUT2D eigenvalue weighted by molar-refractivity contribution is 0.237. The third-order valence-electron chi connectivity index (χ3n) is 2.94. The molecule has 2 unspecified atom stereocenters. The van der Waals surface area contributed by atoms with Crippen LogP contribution >= 0.6 is 8.15 Å². The molecular formula is C14H17F2OP. The molecule has 98 valence electrons. The van der Waals surface area contributed by atoms with E-state index in [1.165, 1.54) is 12.2 Å². The van der Waals surface area contributed by atoms with Gasteiger partial charge in [0.1, 0.15) is 8.15 Å². The summed E-state index contributed by atoms with van der Waals surface area (Å²) >= 11 is 0. The van der Waals surface area contributed by atoms with E-state index >= 15 is 0 Å². The van der Waals surface area contributed by atoms with Gasteiger partial charge in [-0.1, -0.05) is 36.5 Å². The molecule has 1 nitrogen and oxygen atoms in total. The molecule has 2 rings (SSSR count). The first-order valence-electron chi connectivity index (χ1n) is 6.10. The van der Waals surface area contributed by atoms with Crippen molar-refractivity contribution < 1.29 is 13.3 Å². The molecule has 0 aromatic heterocycles. The van der Waals surface area contributed by atoms with Crippen LogP contribution in [0.2, 0.25) is 0 Å². The molecule has 0 radical (unpaired) electrons. The van der Waals surface area contributed by atoms with Gasteiger partial charge in [-0.25, -0.2) is 8.78 Å². The first-order chi connectivity index (χ1) is 8.61. The highest BCUT2D eigenvalue weighted by Gasteiger charge is 2.51. The van der Waals surface area contributed by atoms with E-state index in [1.807, 2.05) is 0 Å². The Kier molecular flexibility index (Phi) is 4.14. The zero-order valence-electron chi connectivity index (χ0n) is 10.4. The highest BCUT2D eigenvalue weighted by Crippen LogP contribution is 2.66. The van der Waals surface area contributed by atoms with Gasteiger partial charge in [0.2, 0.25) is 0 Å². The van der Waals surface area contributed by atoms with E-state index in [-0.39, 0.29) is 12.8 Å². The van der Waals surface area contributed by atoms with E-state index in [0.29, 0.717) is 6.61 Å². The van der Waals surface area contributed by atoms with E-state index in [1.54, 1.807) is 43.4 Å². The standard InChI is InChI=1S/C14H17F2OP/c1-2-17-18(13(15)9-5-3-6-10-13)14(16)11-7-4-8-12-14/h3-9,11H,2,10,12H2,1H3. The lowest BCUT2D eigenvalue weighted by Gasteiger charge is -2.39. The average Bonchev–Trinajstić information content (AvgIpc) is 2.37. The highest BCUT2D eigenvalue weighted by molar-refractivity contribution is 7.56. The van der Waals surface area contributed by atoms with Gasteiger partial charge >= 0.3 is 0 Å². The van der Waals surface area contributed by atoms with Crippen molar-refractivity contribution in [2.24, 2.45) is 0 Å². The summed E-state index contributed by atoms with van der Waals surface area (Å²) in [4.78, 5) is 0. The zero-order chi connectivity index (χ0) is 13.1. The minimum atomic E-state index is -1.87. The van der Waals surface area contributed by atoms with Crippen molar-refractivity contribution in [3.8, 4) is 0 Å². The number of hydrogen-bond acceptors (Lipinski definition) is 1. The number of allylic oxidation sites excluding steroid dienone is 8. The van der Waals surface area contributed by atoms with Gasteiger partial charge in [-0.05, 0) is 19.1 Å². The topological polar surface area (TPSA) is 9.23 Å². The number of alkyl halides is 2. The molecule has 0 spiro atoms. The van der Waals surface area contributed by atoms with Crippen LogP contribution in [-0.2, 0) is 4.52 Å². The molecule has 0 fully saturated rings. The molecule has 0 aromatic rings. The molecule has 2 atom stereocenters. The van der Waals surface area contributed by atoms with Gasteiger partial charge < -0.3 is 4.52 Å². The lowest BCUT2D eigenvalue weighted by atomic mass is 10.1. The molecule has 0 heterocycles. The highest BCUT2D eigenvalue weighted by atomic mass is 31.1. The number of halogens is 2. The molecule has 0 amide bonds. The van der Waals surface area contributed by atoms with E-state index < -0.39 is 19.0 Å². The van der Waals surface area contributed by atoms with Crippen molar-refractivity contribution in [1.82, 2.24) is 0 Å². The fraction of sp³-hybridized carbons (Fsp3) is 0.429. The van der Waals surface area contributed by atoms with Crippen LogP contribution in [0.5, 0.6) is 0 Å². The molecule has 2 aliphatic rings. The molecule has 0 bridgehead atoms. The van der Waals surface area contributed by atoms with Crippen molar-refractivity contribution in [2.75, 3.05) is 6.61 Å². The molecule has 0 aromatic carbocycles. The maximum Gasteiger partial charge on any atom is 0.179 e. The first-order valence-corrected chi connectivity index (χ1v) is 7.36. The van der Waals surface area contributed by atoms with Crippen LogP contribution in [0.1, 0.15) is 19.8 Å². The summed E-state index contributed by atoms with van der Waals surface area (Å²) in [7, 11) is -1.87. The fourth-order valence-electron chi connectivity index (χ4n) is 2.12. The third kappa shape index (κ3) is 2.62. The summed E-state index contributed by atoms with van der Waals surface area (Å²) in [5.74, 6) is 0. The van der Waals surface area contributed by atoms with Crippen LogP contribution in [0.3, 0.4) is 0 Å². The van der Waals surface area contributed by atoms with Crippen LogP contribution in [0.15, 0.2) is 48.6 Å². The Bertz CT molecular complexity index is 380. The van der Waals surface area contributed by atoms with Crippen molar-refractivity contribution in [3.05, 3.63) is 48.6 Å². The minimum Gasteiger partial charge on any atom is -0.352 e. The van der Waals surface area contributed by atoms with Crippen molar-refractivity contribution in [2.45, 2.75) is 30.6 Å². The molecule has 4 heteroatoms. The predicted octanol–water partition coefficient (Wildman–Crippen LogP) is 4.78. The van der Waals surface area contributed by atoms with Crippen LogP contribution in [0.4, 0.5) is 8.78 Å². The van der Waals surface area contributed by atoms with E-state index in [0.717, 1.165) is 0 Å². The van der Waals surface area contributed by atoms with Crippen molar-refractivity contribution in [3.63, 3.8) is 0 Å². The zero-order valence-corrected chi connectivity index (χ0v) is 11.2. The van der Waals surface area contributed by atoms with Gasteiger partial charge in [-0.2, -0.15) is 0 Å². The summed E-state index contributed by atoms with van der Waals surface area (Å²) in [5, 5.41) is -3.44. The van der Waals surface area contributed by atoms with Crippen molar-refractivity contribution in [1.29, 1.82) is 0 Å². The summed E-state index contributed by atoms with van der Waals surface area (Å²) in [6, 6.07) is 0. The predicted molar refractivity (Wildman–Crippen MR) is 72.0 cm³/mol. The van der Waals surface area contributed by atoms with Gasteiger partial charge in [0.25, 0.3) is 0 Å². The molecule has 18 heavy (non-hydrogen) atoms. The Morgan fingerprint density at radius 3 is 1.83 bits per heavy atom. The monoisotopic (exact) mass is 270 g/mol. The Morgan fingerprint density at radius 2 is 1.50 bits per heavy atom. The molecule has 0 aliphatic heterocycles. The smallest absolute Gasteiger partial charge is 0.179 e. The van der Waals surface area contributed by atoms with Gasteiger partial charge in [-0.3, -0.25) is 0 Å². The van der Waals surface area contributed by atoms with Crippen LogP contribution in [0, 0.1) is 0 Å². The Morgan fingerprint density at radius 1 is 1.00 bits per heavy atom. The second-order valence-corrected chi connectivity index (χ2v) is 6.67. The maximum absolute atomic E-state index is 14.9. The first kappa shape index (κ1) is 13.6. The van der Waals surface area contributed by atoms with E-state index in [2.05, 4.69) is 0 Å². The summed E-state index contributed by atoms with van der Waals surface area (Å²) in [6.07, 6.45) is 13.5. The van der Waals surface area contributed by atoms with Gasteiger partial charge in [0.05, 0.1) is 0 Å². The normalized spacial score (nSPS) is 35.9. The molecular weight excluding hydrogens is 253 g/mol. The SMILES string of the molecule is CCOP(C1(F)C=CC=CC1)C1(F)C=CC=CC1. The second kappa shape index (κ2) is 5.46. The quantitative estimate of drug-likeness (QED) is 0.668. The number of rotatable bonds is 4. The summed E-state index contributed by atoms with van der Waals surface area (Å²) in [5.41, 5.74) is 0. The molecule has 0 N–H and O–H groups in total. The minimum absolute atomic E-state index is 0.179. The third-order valence-corrected chi connectivity index (χ3v) is 5.47. The summed E-state index contributed by atoms with van der Waals surface area (Å²) in [6.45, 7) is 2.09. The Labute approximate surface area is 108 Å². The van der Waals surface area contributed by atoms with Crippen LogP contribution in [-0.4, -0.2) is 17.4 Å². The van der Waals surface area contributed by atoms with Gasteiger partial charge in [-0.15, -0.1) is 0 Å². The Hall–Kier alpha value is -0.790. The van der Waals surface area contributed by atoms with Crippen LogP contribution in [0.25, 0.3) is 0 Å². The Balaban J connectivity index is 2.28. The van der Waals surface area contributed by atoms with Crippen LogP contribution < -0.4 is 0 Å². The maximum atomic E-state index is 14.9. The summed E-state index contributed by atoms with van der Waals surface area (Å²) < 4.78 is 35.3. The second-order valence-electron chi connectivity index (χ2n) is 4.33. The van der Waals surface area contributed by atoms with Crippen molar-refractivity contribution >= 4 is 8.15 Å². The molecule has 0 saturated heterocycles. The van der Waals surface area contributed by atoms with Gasteiger partial charge in [0, 0.05) is 19.4 Å².